The smallest absolute Gasteiger partial charge is 0.251 e. The maximum absolute atomic E-state index is 12.2. The zero-order valence-electron chi connectivity index (χ0n) is 15.6. The van der Waals surface area contributed by atoms with Crippen molar-refractivity contribution in [3.63, 3.8) is 0 Å². The van der Waals surface area contributed by atoms with E-state index in [1.807, 2.05) is 61.5 Å². The first-order chi connectivity index (χ1) is 13.6. The fraction of sp³-hybridized carbons (Fsp3) is 0.130. The number of hydrogen-bond acceptors (Lipinski definition) is 3. The highest BCUT2D eigenvalue weighted by molar-refractivity contribution is 5.96. The highest BCUT2D eigenvalue weighted by atomic mass is 16.5. The topological polar surface area (TPSA) is 67.4 Å². The van der Waals surface area contributed by atoms with Gasteiger partial charge in [0.1, 0.15) is 11.5 Å². The minimum Gasteiger partial charge on any atom is -0.457 e. The van der Waals surface area contributed by atoms with E-state index in [9.17, 15) is 9.59 Å². The molecule has 0 saturated heterocycles. The van der Waals surface area contributed by atoms with Gasteiger partial charge in [0.05, 0.1) is 6.54 Å². The van der Waals surface area contributed by atoms with E-state index in [2.05, 4.69) is 10.6 Å². The largest absolute Gasteiger partial charge is 0.457 e. The Balaban J connectivity index is 1.45. The van der Waals surface area contributed by atoms with Crippen molar-refractivity contribution in [3.8, 4) is 11.5 Å². The third-order valence-electron chi connectivity index (χ3n) is 4.12. The first-order valence-electron chi connectivity index (χ1n) is 9.03. The molecule has 0 radical (unpaired) electrons. The Labute approximate surface area is 164 Å². The maximum Gasteiger partial charge on any atom is 0.251 e. The second-order valence-electron chi connectivity index (χ2n) is 6.38. The van der Waals surface area contributed by atoms with E-state index in [0.717, 1.165) is 11.3 Å². The molecule has 0 spiro atoms. The predicted octanol–water partition coefficient (Wildman–Crippen LogP) is 3.83. The van der Waals surface area contributed by atoms with Crippen molar-refractivity contribution in [3.05, 3.63) is 95.6 Å². The van der Waals surface area contributed by atoms with E-state index < -0.39 is 0 Å². The van der Waals surface area contributed by atoms with Crippen LogP contribution >= 0.6 is 0 Å². The average Bonchev–Trinajstić information content (AvgIpc) is 2.73. The second kappa shape index (κ2) is 9.37. The van der Waals surface area contributed by atoms with Crippen LogP contribution in [-0.2, 0) is 11.3 Å². The molecule has 5 nitrogen and oxygen atoms in total. The molecule has 3 rings (SSSR count). The fourth-order valence-electron chi connectivity index (χ4n) is 2.53. The number of amides is 2. The van der Waals surface area contributed by atoms with Crippen LogP contribution in [0.25, 0.3) is 0 Å². The third kappa shape index (κ3) is 5.71. The normalized spacial score (nSPS) is 10.2. The van der Waals surface area contributed by atoms with Gasteiger partial charge in [-0.25, -0.2) is 0 Å². The molecule has 0 heterocycles. The van der Waals surface area contributed by atoms with Gasteiger partial charge in [-0.2, -0.15) is 0 Å². The molecule has 0 bridgehead atoms. The summed E-state index contributed by atoms with van der Waals surface area (Å²) in [7, 11) is 0. The number of carbonyl (C=O) groups is 2. The monoisotopic (exact) mass is 374 g/mol. The van der Waals surface area contributed by atoms with Crippen molar-refractivity contribution in [1.82, 2.24) is 10.6 Å². The molecule has 5 heteroatoms. The van der Waals surface area contributed by atoms with E-state index in [0.29, 0.717) is 17.9 Å². The Kier molecular flexibility index (Phi) is 6.41. The van der Waals surface area contributed by atoms with E-state index >= 15 is 0 Å². The van der Waals surface area contributed by atoms with Gasteiger partial charge < -0.3 is 15.4 Å². The fourth-order valence-corrected chi connectivity index (χ4v) is 2.53. The molecule has 0 fully saturated rings. The van der Waals surface area contributed by atoms with Crippen LogP contribution in [0.5, 0.6) is 11.5 Å². The van der Waals surface area contributed by atoms with Gasteiger partial charge >= 0.3 is 0 Å². The van der Waals surface area contributed by atoms with Crippen LogP contribution in [0.3, 0.4) is 0 Å². The van der Waals surface area contributed by atoms with Gasteiger partial charge in [-0.05, 0) is 48.9 Å². The van der Waals surface area contributed by atoms with Crippen LogP contribution < -0.4 is 15.4 Å². The molecular formula is C23H22N2O3. The van der Waals surface area contributed by atoms with Gasteiger partial charge in [-0.15, -0.1) is 0 Å². The number of nitrogens with one attached hydrogen (secondary N) is 2. The van der Waals surface area contributed by atoms with E-state index in [-0.39, 0.29) is 18.4 Å². The number of carbonyl (C=O) groups excluding carboxylic acids is 2. The molecule has 0 atom stereocenters. The average molecular weight is 374 g/mol. The molecule has 0 saturated carbocycles. The Morgan fingerprint density at radius 3 is 2.11 bits per heavy atom. The molecule has 0 aliphatic heterocycles. The Morgan fingerprint density at radius 2 is 1.43 bits per heavy atom. The van der Waals surface area contributed by atoms with Crippen LogP contribution in [-0.4, -0.2) is 18.4 Å². The molecule has 2 N–H and O–H groups in total. The Bertz CT molecular complexity index is 920. The van der Waals surface area contributed by atoms with Crippen LogP contribution in [0.2, 0.25) is 0 Å². The van der Waals surface area contributed by atoms with Crippen molar-refractivity contribution >= 4 is 11.8 Å². The minimum absolute atomic E-state index is 0.0764. The van der Waals surface area contributed by atoms with Crippen molar-refractivity contribution in [2.24, 2.45) is 0 Å². The molecule has 0 aliphatic rings. The maximum atomic E-state index is 12.2. The third-order valence-corrected chi connectivity index (χ3v) is 4.12. The number of rotatable bonds is 7. The van der Waals surface area contributed by atoms with Crippen LogP contribution in [0.4, 0.5) is 0 Å². The molecule has 2 amide bonds. The highest BCUT2D eigenvalue weighted by Gasteiger charge is 2.08. The summed E-state index contributed by atoms with van der Waals surface area (Å²) < 4.78 is 5.70. The van der Waals surface area contributed by atoms with Gasteiger partial charge in [-0.3, -0.25) is 9.59 Å². The van der Waals surface area contributed by atoms with Crippen LogP contribution in [0.1, 0.15) is 21.5 Å². The van der Waals surface area contributed by atoms with Gasteiger partial charge in [0.25, 0.3) is 5.91 Å². The Morgan fingerprint density at radius 1 is 0.786 bits per heavy atom. The lowest BCUT2D eigenvalue weighted by Gasteiger charge is -2.09. The molecule has 0 unspecified atom stereocenters. The summed E-state index contributed by atoms with van der Waals surface area (Å²) in [6.45, 7) is 2.37. The zero-order valence-corrected chi connectivity index (χ0v) is 15.6. The SMILES string of the molecule is Cc1ccc(CNC(=O)CNC(=O)c2ccc(Oc3ccccc3)cc2)cc1. The Hall–Kier alpha value is -3.60. The van der Waals surface area contributed by atoms with Crippen molar-refractivity contribution in [2.75, 3.05) is 6.54 Å². The molecule has 142 valence electrons. The highest BCUT2D eigenvalue weighted by Crippen LogP contribution is 2.21. The van der Waals surface area contributed by atoms with E-state index in [1.165, 1.54) is 5.56 Å². The van der Waals surface area contributed by atoms with Crippen LogP contribution in [0, 0.1) is 6.92 Å². The number of aryl methyl sites for hydroxylation is 1. The van der Waals surface area contributed by atoms with Crippen molar-refractivity contribution in [2.45, 2.75) is 13.5 Å². The first kappa shape index (κ1) is 19.2. The molecule has 0 aliphatic carbocycles. The van der Waals surface area contributed by atoms with Gasteiger partial charge in [-0.1, -0.05) is 48.0 Å². The van der Waals surface area contributed by atoms with Gasteiger partial charge in [0.2, 0.25) is 5.91 Å². The van der Waals surface area contributed by atoms with Gasteiger partial charge in [0, 0.05) is 12.1 Å². The zero-order chi connectivity index (χ0) is 19.8. The molecule has 28 heavy (non-hydrogen) atoms. The summed E-state index contributed by atoms with van der Waals surface area (Å²) in [5.41, 5.74) is 2.65. The summed E-state index contributed by atoms with van der Waals surface area (Å²) >= 11 is 0. The number of para-hydroxylation sites is 1. The quantitative estimate of drug-likeness (QED) is 0.660. The van der Waals surface area contributed by atoms with E-state index in [1.54, 1.807) is 24.3 Å². The summed E-state index contributed by atoms with van der Waals surface area (Å²) in [6.07, 6.45) is 0. The van der Waals surface area contributed by atoms with Gasteiger partial charge in [0.15, 0.2) is 0 Å². The number of hydrogen-bond donors (Lipinski definition) is 2. The van der Waals surface area contributed by atoms with Crippen molar-refractivity contribution in [1.29, 1.82) is 0 Å². The number of ether oxygens (including phenoxy) is 1. The lowest BCUT2D eigenvalue weighted by molar-refractivity contribution is -0.120. The summed E-state index contributed by atoms with van der Waals surface area (Å²) in [4.78, 5) is 24.1. The van der Waals surface area contributed by atoms with E-state index in [4.69, 9.17) is 4.74 Å². The molecule has 0 aromatic heterocycles. The summed E-state index contributed by atoms with van der Waals surface area (Å²) in [5, 5.41) is 5.41. The summed E-state index contributed by atoms with van der Waals surface area (Å²) in [6, 6.07) is 24.1. The molecular weight excluding hydrogens is 352 g/mol. The molecule has 3 aromatic carbocycles. The summed E-state index contributed by atoms with van der Waals surface area (Å²) in [5.74, 6) is 0.818. The molecule has 3 aromatic rings. The van der Waals surface area contributed by atoms with Crippen LogP contribution in [0.15, 0.2) is 78.9 Å². The lowest BCUT2D eigenvalue weighted by atomic mass is 10.1. The number of benzene rings is 3. The minimum atomic E-state index is -0.309. The second-order valence-corrected chi connectivity index (χ2v) is 6.38. The van der Waals surface area contributed by atoms with Crippen molar-refractivity contribution < 1.29 is 14.3 Å². The standard InChI is InChI=1S/C23H22N2O3/c1-17-7-9-18(10-8-17)15-24-22(26)16-25-23(27)19-11-13-21(14-12-19)28-20-5-3-2-4-6-20/h2-14H,15-16H2,1H3,(H,24,26)(H,25,27). The predicted molar refractivity (Wildman–Crippen MR) is 108 cm³/mol. The lowest BCUT2D eigenvalue weighted by Crippen LogP contribution is -2.36. The first-order valence-corrected chi connectivity index (χ1v) is 9.03.